The Kier molecular flexibility index (Phi) is 8.64. The quantitative estimate of drug-likeness (QED) is 0.652. The summed E-state index contributed by atoms with van der Waals surface area (Å²) in [7, 11) is 0. The van der Waals surface area contributed by atoms with Crippen LogP contribution in [0.2, 0.25) is 0 Å². The number of aryl methyl sites for hydroxylation is 3. The molecule has 4 nitrogen and oxygen atoms in total. The summed E-state index contributed by atoms with van der Waals surface area (Å²) >= 11 is 0. The number of nitrogens with one attached hydrogen (secondary N) is 1. The molecule has 0 spiro atoms. The van der Waals surface area contributed by atoms with Gasteiger partial charge in [-0.3, -0.25) is 9.59 Å². The van der Waals surface area contributed by atoms with Crippen LogP contribution in [0, 0.1) is 26.7 Å². The molecule has 0 aliphatic rings. The predicted octanol–water partition coefficient (Wildman–Crippen LogP) is 4.73. The number of hydrogen-bond donors (Lipinski definition) is 1. The number of carbonyl (C=O) groups excluding carboxylic acids is 2. The Hall–Kier alpha value is -2.62. The Labute approximate surface area is 181 Å². The van der Waals surface area contributed by atoms with Gasteiger partial charge in [0.15, 0.2) is 0 Å². The molecule has 2 aromatic carbocycles. The molecule has 0 heterocycles. The van der Waals surface area contributed by atoms with Crippen molar-refractivity contribution in [3.8, 4) is 0 Å². The highest BCUT2D eigenvalue weighted by atomic mass is 16.2. The minimum Gasteiger partial charge on any atom is -0.354 e. The van der Waals surface area contributed by atoms with Gasteiger partial charge in [0.1, 0.15) is 6.04 Å². The first-order chi connectivity index (χ1) is 14.2. The van der Waals surface area contributed by atoms with Gasteiger partial charge in [-0.1, -0.05) is 68.8 Å². The molecule has 162 valence electrons. The van der Waals surface area contributed by atoms with Gasteiger partial charge in [-0.05, 0) is 55.4 Å². The number of nitrogens with zero attached hydrogens (tertiary/aromatic N) is 1. The lowest BCUT2D eigenvalue weighted by molar-refractivity contribution is -0.141. The van der Waals surface area contributed by atoms with Gasteiger partial charge in [-0.25, -0.2) is 0 Å². The summed E-state index contributed by atoms with van der Waals surface area (Å²) in [5.74, 6) is 0.273. The number of carbonyl (C=O) groups is 2. The number of hydrogen-bond acceptors (Lipinski definition) is 2. The average Bonchev–Trinajstić information content (AvgIpc) is 2.70. The third-order valence-electron chi connectivity index (χ3n) is 5.52. The lowest BCUT2D eigenvalue weighted by Crippen LogP contribution is -2.50. The maximum Gasteiger partial charge on any atom is 0.242 e. The van der Waals surface area contributed by atoms with Gasteiger partial charge < -0.3 is 10.2 Å². The van der Waals surface area contributed by atoms with E-state index in [4.69, 9.17) is 0 Å². The van der Waals surface area contributed by atoms with Gasteiger partial charge >= 0.3 is 0 Å². The normalized spacial score (nSPS) is 12.0. The van der Waals surface area contributed by atoms with Crippen molar-refractivity contribution in [2.45, 2.75) is 67.0 Å². The fourth-order valence-electron chi connectivity index (χ4n) is 3.57. The molecule has 4 heteroatoms. The maximum absolute atomic E-state index is 13.5. The number of rotatable bonds is 9. The van der Waals surface area contributed by atoms with E-state index in [-0.39, 0.29) is 11.8 Å². The zero-order chi connectivity index (χ0) is 22.3. The van der Waals surface area contributed by atoms with Gasteiger partial charge in [0.05, 0.1) is 6.42 Å². The molecule has 0 fully saturated rings. The lowest BCUT2D eigenvalue weighted by atomic mass is 10.0. The molecule has 1 N–H and O–H groups in total. The van der Waals surface area contributed by atoms with E-state index in [0.717, 1.165) is 27.8 Å². The van der Waals surface area contributed by atoms with E-state index in [1.165, 1.54) is 0 Å². The topological polar surface area (TPSA) is 49.4 Å². The monoisotopic (exact) mass is 408 g/mol. The second-order valence-corrected chi connectivity index (χ2v) is 8.62. The number of benzene rings is 2. The molecule has 0 unspecified atom stereocenters. The van der Waals surface area contributed by atoms with Gasteiger partial charge in [-0.15, -0.1) is 0 Å². The van der Waals surface area contributed by atoms with Crippen LogP contribution in [0.3, 0.4) is 0 Å². The average molecular weight is 409 g/mol. The van der Waals surface area contributed by atoms with E-state index in [1.807, 2.05) is 52.0 Å². The summed E-state index contributed by atoms with van der Waals surface area (Å²) in [6.07, 6.45) is 0.877. The minimum absolute atomic E-state index is 0.0153. The van der Waals surface area contributed by atoms with Crippen molar-refractivity contribution in [1.29, 1.82) is 0 Å². The van der Waals surface area contributed by atoms with Crippen LogP contribution in [-0.4, -0.2) is 29.3 Å². The van der Waals surface area contributed by atoms with Crippen molar-refractivity contribution in [2.24, 2.45) is 5.92 Å². The highest BCUT2D eigenvalue weighted by Gasteiger charge is 2.29. The van der Waals surface area contributed by atoms with Crippen molar-refractivity contribution in [1.82, 2.24) is 10.2 Å². The number of amides is 2. The molecule has 0 saturated carbocycles. The van der Waals surface area contributed by atoms with Crippen LogP contribution < -0.4 is 5.32 Å². The van der Waals surface area contributed by atoms with E-state index in [2.05, 4.69) is 37.4 Å². The minimum atomic E-state index is -0.485. The van der Waals surface area contributed by atoms with Crippen LogP contribution in [0.15, 0.2) is 42.5 Å². The zero-order valence-electron chi connectivity index (χ0n) is 19.3. The lowest BCUT2D eigenvalue weighted by Gasteiger charge is -2.31. The molecule has 0 bridgehead atoms. The van der Waals surface area contributed by atoms with E-state index in [9.17, 15) is 9.59 Å². The molecule has 2 rings (SSSR count). The van der Waals surface area contributed by atoms with E-state index in [0.29, 0.717) is 31.8 Å². The van der Waals surface area contributed by atoms with Crippen LogP contribution in [0.25, 0.3) is 0 Å². The molecule has 0 aliphatic carbocycles. The molecule has 1 atom stereocenters. The molecule has 0 aliphatic heterocycles. The Morgan fingerprint density at radius 2 is 1.63 bits per heavy atom. The van der Waals surface area contributed by atoms with Crippen LogP contribution in [-0.2, 0) is 22.6 Å². The summed E-state index contributed by atoms with van der Waals surface area (Å²) in [6, 6.07) is 13.7. The fraction of sp³-hybridized carbons (Fsp3) is 0.462. The zero-order valence-corrected chi connectivity index (χ0v) is 19.3. The van der Waals surface area contributed by atoms with E-state index < -0.39 is 6.04 Å². The van der Waals surface area contributed by atoms with Crippen LogP contribution >= 0.6 is 0 Å². The summed E-state index contributed by atoms with van der Waals surface area (Å²) in [5.41, 5.74) is 5.45. The molecule has 0 radical (unpaired) electrons. The van der Waals surface area contributed by atoms with Gasteiger partial charge in [0.25, 0.3) is 0 Å². The molecule has 0 saturated heterocycles. The second kappa shape index (κ2) is 11.0. The Bertz CT molecular complexity index is 873. The molecule has 30 heavy (non-hydrogen) atoms. The van der Waals surface area contributed by atoms with Crippen LogP contribution in [0.4, 0.5) is 0 Å². The Balaban J connectivity index is 2.33. The molecular formula is C26H36N2O2. The first-order valence-electron chi connectivity index (χ1n) is 10.9. The fourth-order valence-corrected chi connectivity index (χ4v) is 3.57. The van der Waals surface area contributed by atoms with Crippen molar-refractivity contribution >= 4 is 11.8 Å². The Morgan fingerprint density at radius 1 is 0.967 bits per heavy atom. The first kappa shape index (κ1) is 23.7. The maximum atomic E-state index is 13.5. The summed E-state index contributed by atoms with van der Waals surface area (Å²) in [4.78, 5) is 28.2. The summed E-state index contributed by atoms with van der Waals surface area (Å²) in [6.45, 7) is 13.3. The highest BCUT2D eigenvalue weighted by molar-refractivity contribution is 5.88. The molecule has 2 aromatic rings. The molecule has 0 aromatic heterocycles. The highest BCUT2D eigenvalue weighted by Crippen LogP contribution is 2.19. The van der Waals surface area contributed by atoms with Gasteiger partial charge in [0, 0.05) is 13.1 Å². The van der Waals surface area contributed by atoms with Gasteiger partial charge in [-0.2, -0.15) is 0 Å². The van der Waals surface area contributed by atoms with E-state index in [1.54, 1.807) is 4.90 Å². The van der Waals surface area contributed by atoms with Crippen molar-refractivity contribution in [3.05, 3.63) is 70.3 Å². The SMILES string of the molecule is CC[C@@H](C(=O)NCC(C)C)N(Cc1ccccc1C)C(=O)Cc1cc(C)ccc1C. The Morgan fingerprint density at radius 3 is 2.27 bits per heavy atom. The summed E-state index contributed by atoms with van der Waals surface area (Å²) in [5, 5.41) is 3.02. The van der Waals surface area contributed by atoms with Crippen LogP contribution in [0.1, 0.15) is 55.0 Å². The van der Waals surface area contributed by atoms with Crippen LogP contribution in [0.5, 0.6) is 0 Å². The van der Waals surface area contributed by atoms with Crippen molar-refractivity contribution in [2.75, 3.05) is 6.54 Å². The smallest absolute Gasteiger partial charge is 0.242 e. The van der Waals surface area contributed by atoms with Crippen molar-refractivity contribution in [3.63, 3.8) is 0 Å². The van der Waals surface area contributed by atoms with Gasteiger partial charge in [0.2, 0.25) is 11.8 Å². The largest absolute Gasteiger partial charge is 0.354 e. The first-order valence-corrected chi connectivity index (χ1v) is 10.9. The van der Waals surface area contributed by atoms with Crippen molar-refractivity contribution < 1.29 is 9.59 Å². The van der Waals surface area contributed by atoms with E-state index >= 15 is 0 Å². The third-order valence-corrected chi connectivity index (χ3v) is 5.52. The third kappa shape index (κ3) is 6.45. The second-order valence-electron chi connectivity index (χ2n) is 8.62. The standard InChI is InChI=1S/C26H36N2O2/c1-7-24(26(30)27-16-18(2)3)28(17-22-11-9-8-10-20(22)5)25(29)15-23-14-19(4)12-13-21(23)6/h8-14,18,24H,7,15-17H2,1-6H3,(H,27,30)/t24-/m0/s1. The molecular weight excluding hydrogens is 372 g/mol. The predicted molar refractivity (Wildman–Crippen MR) is 123 cm³/mol. The molecule has 2 amide bonds. The summed E-state index contributed by atoms with van der Waals surface area (Å²) < 4.78 is 0.